The molecule has 15 heavy (non-hydrogen) atoms. The first-order valence-corrected chi connectivity index (χ1v) is 4.29. The number of rotatable bonds is 4. The molecule has 0 saturated heterocycles. The van der Waals surface area contributed by atoms with Crippen LogP contribution >= 0.6 is 0 Å². The van der Waals surface area contributed by atoms with Crippen LogP contribution in [0.1, 0.15) is 5.56 Å². The summed E-state index contributed by atoms with van der Waals surface area (Å²) in [5, 5.41) is 18.9. The minimum atomic E-state index is -0.509. The summed E-state index contributed by atoms with van der Waals surface area (Å²) in [6.07, 6.45) is 1.48. The fraction of sp³-hybridized carbons (Fsp3) is 0.222. The van der Waals surface area contributed by atoms with Gasteiger partial charge in [0.1, 0.15) is 0 Å². The van der Waals surface area contributed by atoms with Crippen LogP contribution in [0.25, 0.3) is 0 Å². The molecule has 0 atom stereocenters. The second-order valence-corrected chi connectivity index (χ2v) is 2.83. The van der Waals surface area contributed by atoms with E-state index < -0.39 is 4.92 Å². The second-order valence-electron chi connectivity index (χ2n) is 2.83. The minimum Gasteiger partial charge on any atom is -0.398 e. The van der Waals surface area contributed by atoms with Gasteiger partial charge in [-0.3, -0.25) is 15.1 Å². The third-order valence-corrected chi connectivity index (χ3v) is 1.74. The maximum absolute atomic E-state index is 10.4. The van der Waals surface area contributed by atoms with Gasteiger partial charge in [0.25, 0.3) is 5.69 Å². The monoisotopic (exact) mass is 209 g/mol. The standard InChI is InChI=1S/C9H11N3O3/c10-9-5-8(12(14)15)2-1-7(9)6-11-3-4-13/h1-2,5-6,13H,3-4,10H2. The van der Waals surface area contributed by atoms with Crippen molar-refractivity contribution in [1.82, 2.24) is 0 Å². The summed E-state index contributed by atoms with van der Waals surface area (Å²) in [7, 11) is 0. The fourth-order valence-corrected chi connectivity index (χ4v) is 1.01. The number of nitrogens with two attached hydrogens (primary N) is 1. The molecule has 0 saturated carbocycles. The van der Waals surface area contributed by atoms with Gasteiger partial charge in [-0.1, -0.05) is 0 Å². The van der Waals surface area contributed by atoms with Crippen LogP contribution in [-0.2, 0) is 0 Å². The van der Waals surface area contributed by atoms with Crippen molar-refractivity contribution in [3.8, 4) is 0 Å². The van der Waals surface area contributed by atoms with Crippen LogP contribution in [0, 0.1) is 10.1 Å². The summed E-state index contributed by atoms with van der Waals surface area (Å²) < 4.78 is 0. The van der Waals surface area contributed by atoms with Crippen molar-refractivity contribution in [3.63, 3.8) is 0 Å². The molecule has 0 aliphatic rings. The highest BCUT2D eigenvalue weighted by Crippen LogP contribution is 2.18. The van der Waals surface area contributed by atoms with Crippen LogP contribution < -0.4 is 5.73 Å². The maximum Gasteiger partial charge on any atom is 0.271 e. The van der Waals surface area contributed by atoms with Crippen LogP contribution in [0.15, 0.2) is 23.2 Å². The number of hydrogen-bond donors (Lipinski definition) is 2. The largest absolute Gasteiger partial charge is 0.398 e. The Kier molecular flexibility index (Phi) is 3.75. The molecule has 0 fully saturated rings. The number of hydrogen-bond acceptors (Lipinski definition) is 5. The third kappa shape index (κ3) is 3.03. The fourth-order valence-electron chi connectivity index (χ4n) is 1.01. The topological polar surface area (TPSA) is 102 Å². The number of aliphatic hydroxyl groups is 1. The zero-order valence-electron chi connectivity index (χ0n) is 7.96. The van der Waals surface area contributed by atoms with Gasteiger partial charge in [0, 0.05) is 29.6 Å². The molecule has 0 aromatic heterocycles. The van der Waals surface area contributed by atoms with Gasteiger partial charge < -0.3 is 10.8 Å². The Labute approximate surface area is 86.2 Å². The highest BCUT2D eigenvalue weighted by Gasteiger charge is 2.06. The number of nitro benzene ring substituents is 1. The molecule has 1 aromatic rings. The van der Waals surface area contributed by atoms with Crippen LogP contribution in [0.2, 0.25) is 0 Å². The molecule has 1 aromatic carbocycles. The Morgan fingerprint density at radius 1 is 1.60 bits per heavy atom. The lowest BCUT2D eigenvalue weighted by molar-refractivity contribution is -0.384. The highest BCUT2D eigenvalue weighted by atomic mass is 16.6. The number of nitrogens with zero attached hydrogens (tertiary/aromatic N) is 2. The van der Waals surface area contributed by atoms with Crippen molar-refractivity contribution in [1.29, 1.82) is 0 Å². The molecular weight excluding hydrogens is 198 g/mol. The number of nitro groups is 1. The van der Waals surface area contributed by atoms with Gasteiger partial charge in [-0.05, 0) is 6.07 Å². The SMILES string of the molecule is Nc1cc([N+](=O)[O-])ccc1C=NCCO. The lowest BCUT2D eigenvalue weighted by Gasteiger charge is -1.99. The molecular formula is C9H11N3O3. The van der Waals surface area contributed by atoms with Crippen molar-refractivity contribution in [3.05, 3.63) is 33.9 Å². The van der Waals surface area contributed by atoms with E-state index in [1.54, 1.807) is 0 Å². The zero-order valence-corrected chi connectivity index (χ0v) is 7.96. The first kappa shape index (κ1) is 11.1. The van der Waals surface area contributed by atoms with Crippen molar-refractivity contribution >= 4 is 17.6 Å². The van der Waals surface area contributed by atoms with Gasteiger partial charge in [0.2, 0.25) is 0 Å². The molecule has 0 amide bonds. The summed E-state index contributed by atoms with van der Waals surface area (Å²) in [5.41, 5.74) is 6.44. The minimum absolute atomic E-state index is 0.0383. The van der Waals surface area contributed by atoms with E-state index in [2.05, 4.69) is 4.99 Å². The lowest BCUT2D eigenvalue weighted by Crippen LogP contribution is -1.97. The summed E-state index contributed by atoms with van der Waals surface area (Å²) in [5.74, 6) is 0. The summed E-state index contributed by atoms with van der Waals surface area (Å²) >= 11 is 0. The second kappa shape index (κ2) is 5.06. The molecule has 0 bridgehead atoms. The van der Waals surface area contributed by atoms with Crippen LogP contribution in [0.4, 0.5) is 11.4 Å². The van der Waals surface area contributed by atoms with E-state index in [1.807, 2.05) is 0 Å². The number of nitrogen functional groups attached to an aromatic ring is 1. The van der Waals surface area contributed by atoms with E-state index >= 15 is 0 Å². The molecule has 1 rings (SSSR count). The Hall–Kier alpha value is -1.95. The average Bonchev–Trinajstić information content (AvgIpc) is 2.20. The maximum atomic E-state index is 10.4. The van der Waals surface area contributed by atoms with Gasteiger partial charge in [0.15, 0.2) is 0 Å². The van der Waals surface area contributed by atoms with E-state index in [-0.39, 0.29) is 18.8 Å². The van der Waals surface area contributed by atoms with Crippen molar-refractivity contribution < 1.29 is 10.0 Å². The van der Waals surface area contributed by atoms with Crippen molar-refractivity contribution in [2.75, 3.05) is 18.9 Å². The van der Waals surface area contributed by atoms with E-state index in [4.69, 9.17) is 10.8 Å². The number of non-ortho nitro benzene ring substituents is 1. The Morgan fingerprint density at radius 3 is 2.87 bits per heavy atom. The Bertz CT molecular complexity index is 390. The first-order chi connectivity index (χ1) is 7.15. The zero-order chi connectivity index (χ0) is 11.3. The van der Waals surface area contributed by atoms with E-state index in [0.29, 0.717) is 11.3 Å². The highest BCUT2D eigenvalue weighted by molar-refractivity contribution is 5.87. The lowest BCUT2D eigenvalue weighted by atomic mass is 10.2. The normalized spacial score (nSPS) is 10.7. The number of aliphatic imine (C=N–C) groups is 1. The summed E-state index contributed by atoms with van der Waals surface area (Å²) in [4.78, 5) is 13.8. The molecule has 0 aliphatic heterocycles. The molecule has 80 valence electrons. The van der Waals surface area contributed by atoms with Crippen molar-refractivity contribution in [2.45, 2.75) is 0 Å². The van der Waals surface area contributed by atoms with Crippen LogP contribution in [0.3, 0.4) is 0 Å². The van der Waals surface area contributed by atoms with Crippen LogP contribution in [-0.4, -0.2) is 29.4 Å². The first-order valence-electron chi connectivity index (χ1n) is 4.29. The van der Waals surface area contributed by atoms with Crippen LogP contribution in [0.5, 0.6) is 0 Å². The van der Waals surface area contributed by atoms with E-state index in [0.717, 1.165) is 0 Å². The molecule has 0 aliphatic carbocycles. The van der Waals surface area contributed by atoms with Gasteiger partial charge in [0.05, 0.1) is 18.1 Å². The molecule has 0 radical (unpaired) electrons. The summed E-state index contributed by atoms with van der Waals surface area (Å²) in [6, 6.07) is 4.16. The molecule has 6 heteroatoms. The quantitative estimate of drug-likeness (QED) is 0.328. The van der Waals surface area contributed by atoms with Gasteiger partial charge in [-0.25, -0.2) is 0 Å². The van der Waals surface area contributed by atoms with Crippen molar-refractivity contribution in [2.24, 2.45) is 4.99 Å². The average molecular weight is 209 g/mol. The van der Waals surface area contributed by atoms with E-state index in [9.17, 15) is 10.1 Å². The molecule has 3 N–H and O–H groups in total. The Morgan fingerprint density at radius 2 is 2.33 bits per heavy atom. The number of aliphatic hydroxyl groups excluding tert-OH is 1. The number of benzene rings is 1. The predicted octanol–water partition coefficient (Wildman–Crippen LogP) is 0.588. The van der Waals surface area contributed by atoms with E-state index in [1.165, 1.54) is 24.4 Å². The van der Waals surface area contributed by atoms with Gasteiger partial charge in [-0.15, -0.1) is 0 Å². The third-order valence-electron chi connectivity index (χ3n) is 1.74. The molecule has 6 nitrogen and oxygen atoms in total. The molecule has 0 spiro atoms. The molecule has 0 unspecified atom stereocenters. The Balaban J connectivity index is 2.88. The molecule has 0 heterocycles. The smallest absolute Gasteiger partial charge is 0.271 e. The number of anilines is 1. The predicted molar refractivity (Wildman–Crippen MR) is 57.1 cm³/mol. The van der Waals surface area contributed by atoms with Gasteiger partial charge >= 0.3 is 0 Å². The summed E-state index contributed by atoms with van der Waals surface area (Å²) in [6.45, 7) is 0.250. The van der Waals surface area contributed by atoms with Gasteiger partial charge in [-0.2, -0.15) is 0 Å².